The molecule has 0 saturated heterocycles. The number of halogens is 3. The van der Waals surface area contributed by atoms with Gasteiger partial charge in [-0.05, 0) is 37.6 Å². The van der Waals surface area contributed by atoms with Crippen LogP contribution in [0.15, 0.2) is 24.3 Å². The van der Waals surface area contributed by atoms with E-state index in [4.69, 9.17) is 5.73 Å². The summed E-state index contributed by atoms with van der Waals surface area (Å²) in [5, 5.41) is 6.19. The Balaban J connectivity index is 2.34. The van der Waals surface area contributed by atoms with Crippen molar-refractivity contribution < 1.29 is 13.2 Å². The van der Waals surface area contributed by atoms with E-state index in [-0.39, 0.29) is 5.13 Å². The molecule has 1 aromatic carbocycles. The minimum Gasteiger partial charge on any atom is -0.330 e. The van der Waals surface area contributed by atoms with Crippen LogP contribution in [-0.2, 0) is 6.18 Å². The number of rotatable bonds is 5. The van der Waals surface area contributed by atoms with Crippen LogP contribution in [0.3, 0.4) is 0 Å². The summed E-state index contributed by atoms with van der Waals surface area (Å²) in [4.78, 5) is 1.72. The normalized spacial score (nSPS) is 11.7. The molecular weight excluding hydrogens is 301 g/mol. The highest BCUT2D eigenvalue weighted by atomic mass is 32.1. The molecule has 114 valence electrons. The molecule has 2 N–H and O–H groups in total. The maximum absolute atomic E-state index is 12.7. The summed E-state index contributed by atoms with van der Waals surface area (Å²) in [6.45, 7) is 2.87. The lowest BCUT2D eigenvalue weighted by atomic mass is 10.2. The van der Waals surface area contributed by atoms with E-state index >= 15 is 0 Å². The van der Waals surface area contributed by atoms with E-state index in [0.717, 1.165) is 11.3 Å². The molecule has 8 heteroatoms. The Hall–Kier alpha value is -1.67. The van der Waals surface area contributed by atoms with E-state index in [1.165, 1.54) is 0 Å². The van der Waals surface area contributed by atoms with E-state index in [0.29, 0.717) is 30.8 Å². The highest BCUT2D eigenvalue weighted by Crippen LogP contribution is 2.36. The molecule has 21 heavy (non-hydrogen) atoms. The second-order valence-corrected chi connectivity index (χ2v) is 5.48. The molecule has 0 atom stereocenters. The average Bonchev–Trinajstić information content (AvgIpc) is 2.89. The maximum Gasteiger partial charge on any atom is 0.445 e. The molecular formula is C13H15F3N4S. The number of nitrogens with zero attached hydrogens (tertiary/aromatic N) is 3. The number of nitrogens with two attached hydrogens (primary N) is 1. The van der Waals surface area contributed by atoms with Crippen LogP contribution in [0.1, 0.15) is 17.0 Å². The van der Waals surface area contributed by atoms with Crippen molar-refractivity contribution in [2.75, 3.05) is 18.0 Å². The summed E-state index contributed by atoms with van der Waals surface area (Å²) in [6.07, 6.45) is -3.82. The molecule has 0 unspecified atom stereocenters. The zero-order valence-corrected chi connectivity index (χ0v) is 12.2. The molecule has 2 rings (SSSR count). The smallest absolute Gasteiger partial charge is 0.330 e. The van der Waals surface area contributed by atoms with Crippen molar-refractivity contribution in [2.45, 2.75) is 19.5 Å². The topological polar surface area (TPSA) is 55.0 Å². The standard InChI is InChI=1S/C13H15F3N4S/c1-9-4-2-5-10(8-9)20(7-3-6-17)12-19-18-11(21-12)13(14,15)16/h2,4-5,8H,3,6-7,17H2,1H3. The molecule has 0 bridgehead atoms. The lowest BCUT2D eigenvalue weighted by Crippen LogP contribution is -2.20. The van der Waals surface area contributed by atoms with Gasteiger partial charge in [0.2, 0.25) is 10.1 Å². The van der Waals surface area contributed by atoms with E-state index in [9.17, 15) is 13.2 Å². The molecule has 4 nitrogen and oxygen atoms in total. The van der Waals surface area contributed by atoms with Gasteiger partial charge in [0, 0.05) is 12.2 Å². The lowest BCUT2D eigenvalue weighted by Gasteiger charge is -2.21. The van der Waals surface area contributed by atoms with Crippen LogP contribution >= 0.6 is 11.3 Å². The fourth-order valence-corrected chi connectivity index (χ4v) is 2.58. The Morgan fingerprint density at radius 2 is 2.05 bits per heavy atom. The third-order valence-electron chi connectivity index (χ3n) is 2.79. The predicted octanol–water partition coefficient (Wildman–Crippen LogP) is 3.35. The van der Waals surface area contributed by atoms with Crippen LogP contribution < -0.4 is 10.6 Å². The van der Waals surface area contributed by atoms with E-state index < -0.39 is 11.2 Å². The highest BCUT2D eigenvalue weighted by Gasteiger charge is 2.36. The maximum atomic E-state index is 12.7. The first-order valence-electron chi connectivity index (χ1n) is 6.37. The van der Waals surface area contributed by atoms with Gasteiger partial charge in [-0.2, -0.15) is 13.2 Å². The Morgan fingerprint density at radius 1 is 1.29 bits per heavy atom. The Labute approximate surface area is 124 Å². The van der Waals surface area contributed by atoms with Crippen LogP contribution in [0.4, 0.5) is 24.0 Å². The largest absolute Gasteiger partial charge is 0.445 e. The number of alkyl halides is 3. The SMILES string of the molecule is Cc1cccc(N(CCCN)c2nnc(C(F)(F)F)s2)c1. The number of aromatic nitrogens is 2. The van der Waals surface area contributed by atoms with Crippen molar-refractivity contribution in [3.63, 3.8) is 0 Å². The monoisotopic (exact) mass is 316 g/mol. The first-order chi connectivity index (χ1) is 9.91. The van der Waals surface area contributed by atoms with Crippen molar-refractivity contribution in [1.82, 2.24) is 10.2 Å². The second kappa shape index (κ2) is 6.40. The summed E-state index contributed by atoms with van der Waals surface area (Å²) in [7, 11) is 0. The molecule has 0 radical (unpaired) electrons. The molecule has 0 saturated carbocycles. The van der Waals surface area contributed by atoms with Gasteiger partial charge in [0.05, 0.1) is 0 Å². The third kappa shape index (κ3) is 3.92. The van der Waals surface area contributed by atoms with Gasteiger partial charge in [-0.25, -0.2) is 0 Å². The van der Waals surface area contributed by atoms with Crippen LogP contribution in [0.2, 0.25) is 0 Å². The third-order valence-corrected chi connectivity index (χ3v) is 3.78. The molecule has 0 aliphatic carbocycles. The summed E-state index contributed by atoms with van der Waals surface area (Å²) in [5.41, 5.74) is 7.30. The lowest BCUT2D eigenvalue weighted by molar-refractivity contribution is -0.138. The highest BCUT2D eigenvalue weighted by molar-refractivity contribution is 7.15. The number of hydrogen-bond acceptors (Lipinski definition) is 5. The van der Waals surface area contributed by atoms with Crippen molar-refractivity contribution in [2.24, 2.45) is 5.73 Å². The van der Waals surface area contributed by atoms with Gasteiger partial charge in [0.25, 0.3) is 0 Å². The van der Waals surface area contributed by atoms with E-state index in [1.807, 2.05) is 31.2 Å². The zero-order chi connectivity index (χ0) is 15.5. The minimum atomic E-state index is -4.47. The van der Waals surface area contributed by atoms with Crippen LogP contribution in [0, 0.1) is 6.92 Å². The molecule has 2 aromatic rings. The second-order valence-electron chi connectivity index (χ2n) is 4.52. The Kier molecular flexibility index (Phi) is 4.79. The molecule has 0 aliphatic rings. The number of aryl methyl sites for hydroxylation is 1. The van der Waals surface area contributed by atoms with Crippen molar-refractivity contribution in [1.29, 1.82) is 0 Å². The van der Waals surface area contributed by atoms with Crippen molar-refractivity contribution >= 4 is 22.2 Å². The molecule has 1 aromatic heterocycles. The predicted molar refractivity (Wildman–Crippen MR) is 76.8 cm³/mol. The first kappa shape index (κ1) is 15.7. The van der Waals surface area contributed by atoms with Crippen LogP contribution in [0.25, 0.3) is 0 Å². The molecule has 0 aliphatic heterocycles. The molecule has 0 fully saturated rings. The van der Waals surface area contributed by atoms with Gasteiger partial charge in [-0.15, -0.1) is 10.2 Å². The zero-order valence-electron chi connectivity index (χ0n) is 11.4. The van der Waals surface area contributed by atoms with Crippen LogP contribution in [0.5, 0.6) is 0 Å². The van der Waals surface area contributed by atoms with Gasteiger partial charge in [0.15, 0.2) is 0 Å². The summed E-state index contributed by atoms with van der Waals surface area (Å²) < 4.78 is 38.0. The Morgan fingerprint density at radius 3 is 2.62 bits per heavy atom. The quantitative estimate of drug-likeness (QED) is 0.919. The van der Waals surface area contributed by atoms with Gasteiger partial charge >= 0.3 is 6.18 Å². The molecule has 0 spiro atoms. The molecule has 1 heterocycles. The fraction of sp³-hybridized carbons (Fsp3) is 0.385. The fourth-order valence-electron chi connectivity index (χ4n) is 1.82. The van der Waals surface area contributed by atoms with Gasteiger partial charge in [-0.3, -0.25) is 0 Å². The number of benzene rings is 1. The van der Waals surface area contributed by atoms with E-state index in [2.05, 4.69) is 10.2 Å². The van der Waals surface area contributed by atoms with Crippen molar-refractivity contribution in [3.05, 3.63) is 34.8 Å². The first-order valence-corrected chi connectivity index (χ1v) is 7.18. The summed E-state index contributed by atoms with van der Waals surface area (Å²) in [6, 6.07) is 7.50. The summed E-state index contributed by atoms with van der Waals surface area (Å²) >= 11 is 0.537. The number of anilines is 2. The van der Waals surface area contributed by atoms with Gasteiger partial charge in [0.1, 0.15) is 0 Å². The van der Waals surface area contributed by atoms with Gasteiger partial charge < -0.3 is 10.6 Å². The van der Waals surface area contributed by atoms with E-state index in [1.54, 1.807) is 4.90 Å². The number of hydrogen-bond donors (Lipinski definition) is 1. The average molecular weight is 316 g/mol. The molecule has 0 amide bonds. The minimum absolute atomic E-state index is 0.223. The van der Waals surface area contributed by atoms with Crippen LogP contribution in [-0.4, -0.2) is 23.3 Å². The summed E-state index contributed by atoms with van der Waals surface area (Å²) in [5.74, 6) is 0. The van der Waals surface area contributed by atoms with Gasteiger partial charge in [-0.1, -0.05) is 23.5 Å². The Bertz CT molecular complexity index is 597. The van der Waals surface area contributed by atoms with Crippen molar-refractivity contribution in [3.8, 4) is 0 Å².